The molecule has 0 spiro atoms. The summed E-state index contributed by atoms with van der Waals surface area (Å²) in [5.74, 6) is 0. The van der Waals surface area contributed by atoms with Gasteiger partial charge in [0, 0.05) is 10.6 Å². The maximum Gasteiger partial charge on any atom is 0.0769 e. The van der Waals surface area contributed by atoms with Crippen LogP contribution in [0.1, 0.15) is 24.2 Å². The van der Waals surface area contributed by atoms with Crippen LogP contribution in [0, 0.1) is 3.57 Å². The Morgan fingerprint density at radius 2 is 2.17 bits per heavy atom. The first kappa shape index (κ1) is 14.0. The molecule has 1 heterocycles. The molecular formula is C13H15BrIN3. The molecule has 18 heavy (non-hydrogen) atoms. The van der Waals surface area contributed by atoms with Crippen LogP contribution in [0.4, 0.5) is 0 Å². The third-order valence-electron chi connectivity index (χ3n) is 2.84. The highest BCUT2D eigenvalue weighted by Gasteiger charge is 2.21. The Kier molecular flexibility index (Phi) is 4.80. The van der Waals surface area contributed by atoms with Crippen LogP contribution in [-0.4, -0.2) is 16.3 Å². The van der Waals surface area contributed by atoms with E-state index in [1.165, 1.54) is 9.13 Å². The highest BCUT2D eigenvalue weighted by molar-refractivity contribution is 14.1. The lowest BCUT2D eigenvalue weighted by Crippen LogP contribution is -2.25. The first-order valence-electron chi connectivity index (χ1n) is 5.80. The minimum Gasteiger partial charge on any atom is -0.305 e. The summed E-state index contributed by atoms with van der Waals surface area (Å²) >= 11 is 5.96. The normalized spacial score (nSPS) is 12.7. The Morgan fingerprint density at radius 1 is 1.44 bits per heavy atom. The standard InChI is InChI=1S/C13H15BrIN3/c1-3-16-12(9-6-4-5-7-11(9)15)13-10(14)8-17-18(13)2/h4-8,12,16H,3H2,1-2H3. The van der Waals surface area contributed by atoms with Crippen molar-refractivity contribution < 1.29 is 0 Å². The lowest BCUT2D eigenvalue weighted by molar-refractivity contribution is 0.569. The fourth-order valence-electron chi connectivity index (χ4n) is 2.01. The lowest BCUT2D eigenvalue weighted by atomic mass is 10.0. The van der Waals surface area contributed by atoms with Crippen LogP contribution in [0.2, 0.25) is 0 Å². The minimum atomic E-state index is 0.157. The molecule has 3 nitrogen and oxygen atoms in total. The van der Waals surface area contributed by atoms with Crippen molar-refractivity contribution in [3.05, 3.63) is 49.8 Å². The Hall–Kier alpha value is -0.400. The van der Waals surface area contributed by atoms with Gasteiger partial charge in [0.15, 0.2) is 0 Å². The van der Waals surface area contributed by atoms with Gasteiger partial charge < -0.3 is 5.32 Å². The smallest absolute Gasteiger partial charge is 0.0769 e. The zero-order chi connectivity index (χ0) is 13.1. The Bertz CT molecular complexity index is 519. The first-order chi connectivity index (χ1) is 8.65. The molecule has 2 aromatic rings. The van der Waals surface area contributed by atoms with Crippen molar-refractivity contribution >= 4 is 38.5 Å². The van der Waals surface area contributed by atoms with E-state index < -0.39 is 0 Å². The average molecular weight is 420 g/mol. The SMILES string of the molecule is CCNC(c1ccccc1I)c1c(Br)cnn1C. The predicted molar refractivity (Wildman–Crippen MR) is 85.6 cm³/mol. The molecule has 0 fully saturated rings. The second-order valence-electron chi connectivity index (χ2n) is 4.01. The van der Waals surface area contributed by atoms with E-state index in [1.807, 2.05) is 17.9 Å². The van der Waals surface area contributed by atoms with Crippen molar-refractivity contribution in [2.45, 2.75) is 13.0 Å². The Labute approximate surface area is 129 Å². The number of rotatable bonds is 4. The maximum atomic E-state index is 4.30. The zero-order valence-corrected chi connectivity index (χ0v) is 14.1. The van der Waals surface area contributed by atoms with Crippen molar-refractivity contribution in [2.24, 2.45) is 7.05 Å². The van der Waals surface area contributed by atoms with Gasteiger partial charge in [-0.05, 0) is 56.7 Å². The predicted octanol–water partition coefficient (Wildman–Crippen LogP) is 3.49. The molecule has 0 aliphatic rings. The fraction of sp³-hybridized carbons (Fsp3) is 0.308. The van der Waals surface area contributed by atoms with E-state index in [4.69, 9.17) is 0 Å². The third kappa shape index (κ3) is 2.78. The van der Waals surface area contributed by atoms with Gasteiger partial charge in [-0.3, -0.25) is 4.68 Å². The van der Waals surface area contributed by atoms with E-state index in [0.29, 0.717) is 0 Å². The van der Waals surface area contributed by atoms with Crippen molar-refractivity contribution in [1.82, 2.24) is 15.1 Å². The quantitative estimate of drug-likeness (QED) is 0.768. The van der Waals surface area contributed by atoms with Gasteiger partial charge in [0.25, 0.3) is 0 Å². The van der Waals surface area contributed by atoms with Gasteiger partial charge in [-0.1, -0.05) is 25.1 Å². The molecule has 0 saturated heterocycles. The van der Waals surface area contributed by atoms with Gasteiger partial charge in [-0.2, -0.15) is 5.10 Å². The summed E-state index contributed by atoms with van der Waals surface area (Å²) in [6.45, 7) is 3.03. The first-order valence-corrected chi connectivity index (χ1v) is 7.67. The summed E-state index contributed by atoms with van der Waals surface area (Å²) < 4.78 is 4.21. The molecule has 0 aliphatic heterocycles. The lowest BCUT2D eigenvalue weighted by Gasteiger charge is -2.20. The molecule has 2 rings (SSSR count). The van der Waals surface area contributed by atoms with Crippen LogP contribution in [0.15, 0.2) is 34.9 Å². The number of aryl methyl sites for hydroxylation is 1. The van der Waals surface area contributed by atoms with Crippen LogP contribution in [0.5, 0.6) is 0 Å². The van der Waals surface area contributed by atoms with E-state index in [-0.39, 0.29) is 6.04 Å². The van der Waals surface area contributed by atoms with Gasteiger partial charge in [0.1, 0.15) is 0 Å². The van der Waals surface area contributed by atoms with Crippen molar-refractivity contribution in [3.8, 4) is 0 Å². The number of hydrogen-bond donors (Lipinski definition) is 1. The van der Waals surface area contributed by atoms with Crippen molar-refractivity contribution in [3.63, 3.8) is 0 Å². The number of nitrogens with one attached hydrogen (secondary N) is 1. The number of aromatic nitrogens is 2. The summed E-state index contributed by atoms with van der Waals surface area (Å²) in [6, 6.07) is 8.59. The molecule has 0 amide bonds. The second-order valence-corrected chi connectivity index (χ2v) is 6.03. The summed E-state index contributed by atoms with van der Waals surface area (Å²) in [4.78, 5) is 0. The molecule has 1 aromatic carbocycles. The van der Waals surface area contributed by atoms with Crippen LogP contribution in [0.25, 0.3) is 0 Å². The molecule has 96 valence electrons. The van der Waals surface area contributed by atoms with Crippen molar-refractivity contribution in [2.75, 3.05) is 6.54 Å². The van der Waals surface area contributed by atoms with E-state index >= 15 is 0 Å². The van der Waals surface area contributed by atoms with Crippen molar-refractivity contribution in [1.29, 1.82) is 0 Å². The highest BCUT2D eigenvalue weighted by Crippen LogP contribution is 2.30. The zero-order valence-electron chi connectivity index (χ0n) is 10.3. The van der Waals surface area contributed by atoms with Crippen LogP contribution < -0.4 is 5.32 Å². The molecule has 1 atom stereocenters. The highest BCUT2D eigenvalue weighted by atomic mass is 127. The van der Waals surface area contributed by atoms with Gasteiger partial charge >= 0.3 is 0 Å². The summed E-state index contributed by atoms with van der Waals surface area (Å²) in [7, 11) is 1.97. The molecule has 0 saturated carbocycles. The molecule has 0 aliphatic carbocycles. The number of nitrogens with zero attached hydrogens (tertiary/aromatic N) is 2. The topological polar surface area (TPSA) is 29.9 Å². The van der Waals surface area contributed by atoms with E-state index in [0.717, 1.165) is 16.7 Å². The Balaban J connectivity index is 2.50. The number of halogens is 2. The van der Waals surface area contributed by atoms with Crippen LogP contribution in [-0.2, 0) is 7.05 Å². The minimum absolute atomic E-state index is 0.157. The number of hydrogen-bond acceptors (Lipinski definition) is 2. The summed E-state index contributed by atoms with van der Waals surface area (Å²) in [5, 5.41) is 7.83. The molecule has 1 aromatic heterocycles. The summed E-state index contributed by atoms with van der Waals surface area (Å²) in [5.41, 5.74) is 2.44. The Morgan fingerprint density at radius 3 is 2.72 bits per heavy atom. The number of benzene rings is 1. The molecule has 1 N–H and O–H groups in total. The summed E-state index contributed by atoms with van der Waals surface area (Å²) in [6.07, 6.45) is 1.84. The largest absolute Gasteiger partial charge is 0.305 e. The third-order valence-corrected chi connectivity index (χ3v) is 4.43. The molecule has 5 heteroatoms. The maximum absolute atomic E-state index is 4.30. The van der Waals surface area contributed by atoms with Gasteiger partial charge in [0.2, 0.25) is 0 Å². The molecular weight excluding hydrogens is 405 g/mol. The molecule has 1 unspecified atom stereocenters. The van der Waals surface area contributed by atoms with Crippen LogP contribution in [0.3, 0.4) is 0 Å². The van der Waals surface area contributed by atoms with E-state index in [1.54, 1.807) is 0 Å². The van der Waals surface area contributed by atoms with E-state index in [9.17, 15) is 0 Å². The molecule has 0 bridgehead atoms. The fourth-order valence-corrected chi connectivity index (χ4v) is 3.29. The van der Waals surface area contributed by atoms with E-state index in [2.05, 4.69) is 80.1 Å². The second kappa shape index (κ2) is 6.16. The monoisotopic (exact) mass is 419 g/mol. The van der Waals surface area contributed by atoms with Crippen LogP contribution >= 0.6 is 38.5 Å². The average Bonchev–Trinajstić information content (AvgIpc) is 2.68. The molecule has 0 radical (unpaired) electrons. The van der Waals surface area contributed by atoms with Gasteiger partial charge in [-0.25, -0.2) is 0 Å². The van der Waals surface area contributed by atoms with Gasteiger partial charge in [0.05, 0.1) is 22.4 Å². The van der Waals surface area contributed by atoms with Gasteiger partial charge in [-0.15, -0.1) is 0 Å².